The molecule has 2 N–H and O–H groups in total. The highest BCUT2D eigenvalue weighted by molar-refractivity contribution is 5.92. The molecule has 112 valence electrons. The number of hydrogen-bond donors (Lipinski definition) is 2. The zero-order valence-electron chi connectivity index (χ0n) is 12.7. The van der Waals surface area contributed by atoms with E-state index in [9.17, 15) is 4.79 Å². The Kier molecular flexibility index (Phi) is 6.87. The number of amides is 1. The summed E-state index contributed by atoms with van der Waals surface area (Å²) >= 11 is 0. The van der Waals surface area contributed by atoms with E-state index in [0.29, 0.717) is 36.1 Å². The predicted molar refractivity (Wildman–Crippen MR) is 80.5 cm³/mol. The summed E-state index contributed by atoms with van der Waals surface area (Å²) in [4.78, 5) is 11.9. The van der Waals surface area contributed by atoms with E-state index in [1.807, 2.05) is 0 Å². The van der Waals surface area contributed by atoms with E-state index in [1.165, 1.54) is 0 Å². The van der Waals surface area contributed by atoms with Gasteiger partial charge in [-0.15, -0.1) is 0 Å². The third kappa shape index (κ3) is 5.48. The van der Waals surface area contributed by atoms with Gasteiger partial charge in [0.1, 0.15) is 11.5 Å². The number of carbonyl (C=O) groups is 1. The molecule has 1 amide bonds. The smallest absolute Gasteiger partial charge is 0.225 e. The Hall–Kier alpha value is -1.75. The molecule has 0 bridgehead atoms. The number of hydrogen-bond acceptors (Lipinski definition) is 4. The zero-order valence-corrected chi connectivity index (χ0v) is 12.7. The minimum atomic E-state index is -0.0483. The first-order chi connectivity index (χ1) is 9.56. The van der Waals surface area contributed by atoms with Gasteiger partial charge in [-0.1, -0.05) is 13.8 Å². The van der Waals surface area contributed by atoms with Crippen molar-refractivity contribution in [1.29, 1.82) is 0 Å². The molecule has 0 saturated heterocycles. The molecule has 0 aliphatic carbocycles. The number of ether oxygens (including phenoxy) is 2. The predicted octanol–water partition coefficient (Wildman–Crippen LogP) is 2.28. The molecule has 0 aromatic heterocycles. The number of carbonyl (C=O) groups excluding carboxylic acids is 1. The lowest BCUT2D eigenvalue weighted by Gasteiger charge is -2.12. The molecule has 0 atom stereocenters. The average molecular weight is 280 g/mol. The van der Waals surface area contributed by atoms with Crippen molar-refractivity contribution >= 4 is 11.6 Å². The van der Waals surface area contributed by atoms with Gasteiger partial charge in [-0.3, -0.25) is 4.79 Å². The van der Waals surface area contributed by atoms with Crippen molar-refractivity contribution in [2.24, 2.45) is 5.92 Å². The molecule has 0 radical (unpaired) electrons. The van der Waals surface area contributed by atoms with Crippen LogP contribution in [0.1, 0.15) is 20.3 Å². The summed E-state index contributed by atoms with van der Waals surface area (Å²) in [5.41, 5.74) is 0.626. The van der Waals surface area contributed by atoms with E-state index >= 15 is 0 Å². The summed E-state index contributed by atoms with van der Waals surface area (Å²) in [6, 6.07) is 5.31. The standard InChI is InChI=1S/C15H24N2O3/c1-11(2)10-16-8-7-15(18)17-13-9-12(19-3)5-6-14(13)20-4/h5-6,9,11,16H,7-8,10H2,1-4H3,(H,17,18). The summed E-state index contributed by atoms with van der Waals surface area (Å²) in [6.07, 6.45) is 0.424. The van der Waals surface area contributed by atoms with Gasteiger partial charge in [-0.2, -0.15) is 0 Å². The molecule has 5 nitrogen and oxygen atoms in total. The van der Waals surface area contributed by atoms with Crippen molar-refractivity contribution in [2.75, 3.05) is 32.6 Å². The van der Waals surface area contributed by atoms with Gasteiger partial charge in [-0.25, -0.2) is 0 Å². The number of nitrogens with one attached hydrogen (secondary N) is 2. The highest BCUT2D eigenvalue weighted by Gasteiger charge is 2.08. The van der Waals surface area contributed by atoms with Gasteiger partial charge < -0.3 is 20.1 Å². The lowest BCUT2D eigenvalue weighted by Crippen LogP contribution is -2.25. The molecule has 5 heteroatoms. The van der Waals surface area contributed by atoms with Gasteiger partial charge in [0.05, 0.1) is 19.9 Å². The van der Waals surface area contributed by atoms with E-state index in [-0.39, 0.29) is 5.91 Å². The van der Waals surface area contributed by atoms with Crippen molar-refractivity contribution in [3.05, 3.63) is 18.2 Å². The van der Waals surface area contributed by atoms with Gasteiger partial charge in [-0.05, 0) is 24.6 Å². The van der Waals surface area contributed by atoms with Crippen LogP contribution in [0.5, 0.6) is 11.5 Å². The van der Waals surface area contributed by atoms with Gasteiger partial charge in [0.2, 0.25) is 5.91 Å². The Bertz CT molecular complexity index is 433. The van der Waals surface area contributed by atoms with Crippen LogP contribution < -0.4 is 20.1 Å². The van der Waals surface area contributed by atoms with E-state index in [1.54, 1.807) is 32.4 Å². The van der Waals surface area contributed by atoms with Crippen LogP contribution in [0.2, 0.25) is 0 Å². The van der Waals surface area contributed by atoms with Crippen LogP contribution in [0.4, 0.5) is 5.69 Å². The van der Waals surface area contributed by atoms with Crippen LogP contribution >= 0.6 is 0 Å². The Morgan fingerprint density at radius 2 is 2.00 bits per heavy atom. The average Bonchev–Trinajstić information content (AvgIpc) is 2.43. The molecule has 0 saturated carbocycles. The maximum atomic E-state index is 11.9. The molecule has 0 aliphatic heterocycles. The number of anilines is 1. The minimum absolute atomic E-state index is 0.0483. The highest BCUT2D eigenvalue weighted by atomic mass is 16.5. The van der Waals surface area contributed by atoms with Crippen LogP contribution in [0.25, 0.3) is 0 Å². The first-order valence-electron chi connectivity index (χ1n) is 6.79. The molecular weight excluding hydrogens is 256 g/mol. The molecule has 1 aromatic rings. The molecule has 20 heavy (non-hydrogen) atoms. The van der Waals surface area contributed by atoms with E-state index in [4.69, 9.17) is 9.47 Å². The molecular formula is C15H24N2O3. The van der Waals surface area contributed by atoms with Crippen LogP contribution in [0.3, 0.4) is 0 Å². The van der Waals surface area contributed by atoms with Crippen molar-refractivity contribution in [3.63, 3.8) is 0 Å². The second-order valence-corrected chi connectivity index (χ2v) is 4.96. The molecule has 1 aromatic carbocycles. The van der Waals surface area contributed by atoms with Crippen LogP contribution in [0.15, 0.2) is 18.2 Å². The van der Waals surface area contributed by atoms with Gasteiger partial charge in [0, 0.05) is 19.0 Å². The monoisotopic (exact) mass is 280 g/mol. The summed E-state index contributed by atoms with van der Waals surface area (Å²) in [6.45, 7) is 5.84. The van der Waals surface area contributed by atoms with Crippen molar-refractivity contribution < 1.29 is 14.3 Å². The van der Waals surface area contributed by atoms with Gasteiger partial charge in [0.25, 0.3) is 0 Å². The van der Waals surface area contributed by atoms with Crippen LogP contribution in [-0.4, -0.2) is 33.2 Å². The molecule has 0 aliphatic rings. The molecule has 0 spiro atoms. The zero-order chi connectivity index (χ0) is 15.0. The van der Waals surface area contributed by atoms with E-state index in [0.717, 1.165) is 6.54 Å². The largest absolute Gasteiger partial charge is 0.497 e. The number of benzene rings is 1. The topological polar surface area (TPSA) is 59.6 Å². The van der Waals surface area contributed by atoms with Crippen molar-refractivity contribution in [1.82, 2.24) is 5.32 Å². The molecule has 0 fully saturated rings. The maximum absolute atomic E-state index is 11.9. The van der Waals surface area contributed by atoms with Crippen molar-refractivity contribution in [2.45, 2.75) is 20.3 Å². The summed E-state index contributed by atoms with van der Waals surface area (Å²) in [5, 5.41) is 6.08. The third-order valence-corrected chi connectivity index (χ3v) is 2.76. The van der Waals surface area contributed by atoms with E-state index < -0.39 is 0 Å². The molecule has 1 rings (SSSR count). The Balaban J connectivity index is 2.52. The second kappa shape index (κ2) is 8.43. The van der Waals surface area contributed by atoms with Gasteiger partial charge >= 0.3 is 0 Å². The van der Waals surface area contributed by atoms with Crippen molar-refractivity contribution in [3.8, 4) is 11.5 Å². The summed E-state index contributed by atoms with van der Waals surface area (Å²) < 4.78 is 10.4. The first kappa shape index (κ1) is 16.3. The quantitative estimate of drug-likeness (QED) is 0.717. The van der Waals surface area contributed by atoms with Crippen LogP contribution in [-0.2, 0) is 4.79 Å². The number of rotatable bonds is 8. The number of methoxy groups -OCH3 is 2. The third-order valence-electron chi connectivity index (χ3n) is 2.76. The molecule has 0 heterocycles. The fraction of sp³-hybridized carbons (Fsp3) is 0.533. The normalized spacial score (nSPS) is 10.4. The Morgan fingerprint density at radius 1 is 1.25 bits per heavy atom. The van der Waals surface area contributed by atoms with Crippen LogP contribution in [0, 0.1) is 5.92 Å². The fourth-order valence-electron chi connectivity index (χ4n) is 1.72. The first-order valence-corrected chi connectivity index (χ1v) is 6.79. The summed E-state index contributed by atoms with van der Waals surface area (Å²) in [5.74, 6) is 1.83. The molecule has 0 unspecified atom stereocenters. The Morgan fingerprint density at radius 3 is 2.60 bits per heavy atom. The van der Waals surface area contributed by atoms with Gasteiger partial charge in [0.15, 0.2) is 0 Å². The fourth-order valence-corrected chi connectivity index (χ4v) is 1.72. The Labute approximate surface area is 120 Å². The van der Waals surface area contributed by atoms with E-state index in [2.05, 4.69) is 24.5 Å². The minimum Gasteiger partial charge on any atom is -0.497 e. The second-order valence-electron chi connectivity index (χ2n) is 4.96. The maximum Gasteiger partial charge on any atom is 0.225 e. The summed E-state index contributed by atoms with van der Waals surface area (Å²) in [7, 11) is 3.16. The highest BCUT2D eigenvalue weighted by Crippen LogP contribution is 2.28. The SMILES string of the molecule is COc1ccc(OC)c(NC(=O)CCNCC(C)C)c1. The lowest BCUT2D eigenvalue weighted by molar-refractivity contribution is -0.116. The lowest BCUT2D eigenvalue weighted by atomic mass is 10.2.